The molecule has 0 amide bonds. The molecule has 154 valence electrons. The van der Waals surface area contributed by atoms with Crippen LogP contribution in [0.2, 0.25) is 0 Å². The zero-order valence-electron chi connectivity index (χ0n) is 15.1. The number of alkyl halides is 3. The molecular formula is C20H16F3IO4S. The molecule has 0 aromatic heterocycles. The standard InChI is InChI=1S/C14H11F3O4S.C6H5I/c1-20-11-4-6-12(7-5-11)21-22(18,19)13-8-2-10(3-9-13)14(15,16)17;7-6-4-2-1-3-5-6/h2-9H,1H3;1-5H. The SMILES string of the molecule is COc1ccc(OS(=O)(=O)c2ccc(C(F)(F)F)cc2)cc1.Ic1ccccc1. The maximum absolute atomic E-state index is 12.4. The molecule has 0 saturated heterocycles. The van der Waals surface area contributed by atoms with Gasteiger partial charge in [-0.2, -0.15) is 21.6 Å². The van der Waals surface area contributed by atoms with Crippen LogP contribution in [0.1, 0.15) is 5.56 Å². The van der Waals surface area contributed by atoms with Gasteiger partial charge in [-0.25, -0.2) is 0 Å². The van der Waals surface area contributed by atoms with E-state index in [-0.39, 0.29) is 10.6 Å². The summed E-state index contributed by atoms with van der Waals surface area (Å²) in [6.45, 7) is 0. The van der Waals surface area contributed by atoms with Gasteiger partial charge in [0.15, 0.2) is 0 Å². The van der Waals surface area contributed by atoms with Crippen molar-refractivity contribution < 1.29 is 30.5 Å². The highest BCUT2D eigenvalue weighted by Crippen LogP contribution is 2.30. The Labute approximate surface area is 180 Å². The Hall–Kier alpha value is -2.27. The van der Waals surface area contributed by atoms with Gasteiger partial charge in [-0.1, -0.05) is 18.2 Å². The largest absolute Gasteiger partial charge is 0.497 e. The third kappa shape index (κ3) is 7.24. The van der Waals surface area contributed by atoms with Gasteiger partial charge in [-0.3, -0.25) is 0 Å². The highest BCUT2D eigenvalue weighted by Gasteiger charge is 2.30. The predicted octanol–water partition coefficient (Wildman–Crippen LogP) is 5.77. The van der Waals surface area contributed by atoms with E-state index in [9.17, 15) is 21.6 Å². The lowest BCUT2D eigenvalue weighted by Crippen LogP contribution is -2.11. The van der Waals surface area contributed by atoms with Crippen molar-refractivity contribution in [1.82, 2.24) is 0 Å². The quantitative estimate of drug-likeness (QED) is 0.314. The van der Waals surface area contributed by atoms with E-state index >= 15 is 0 Å². The monoisotopic (exact) mass is 536 g/mol. The third-order valence-electron chi connectivity index (χ3n) is 3.47. The lowest BCUT2D eigenvalue weighted by Gasteiger charge is -2.09. The molecule has 0 heterocycles. The number of hydrogen-bond donors (Lipinski definition) is 0. The summed E-state index contributed by atoms with van der Waals surface area (Å²) < 4.78 is 72.3. The topological polar surface area (TPSA) is 52.6 Å². The van der Waals surface area contributed by atoms with Crippen molar-refractivity contribution in [2.24, 2.45) is 0 Å². The number of methoxy groups -OCH3 is 1. The molecular weight excluding hydrogens is 520 g/mol. The Morgan fingerprint density at radius 2 is 1.31 bits per heavy atom. The van der Waals surface area contributed by atoms with Gasteiger partial charge >= 0.3 is 16.3 Å². The fourth-order valence-corrected chi connectivity index (χ4v) is 3.38. The molecule has 0 spiro atoms. The van der Waals surface area contributed by atoms with Crippen molar-refractivity contribution in [3.63, 3.8) is 0 Å². The molecule has 9 heteroatoms. The number of benzene rings is 3. The fraction of sp³-hybridized carbons (Fsp3) is 0.100. The van der Waals surface area contributed by atoms with Crippen molar-refractivity contribution in [2.45, 2.75) is 11.1 Å². The van der Waals surface area contributed by atoms with Crippen LogP contribution < -0.4 is 8.92 Å². The van der Waals surface area contributed by atoms with E-state index in [0.29, 0.717) is 17.9 Å². The van der Waals surface area contributed by atoms with Crippen LogP contribution in [0.4, 0.5) is 13.2 Å². The predicted molar refractivity (Wildman–Crippen MR) is 111 cm³/mol. The number of rotatable bonds is 4. The maximum atomic E-state index is 12.4. The Bertz CT molecular complexity index is 1000. The summed E-state index contributed by atoms with van der Waals surface area (Å²) in [6, 6.07) is 19.0. The minimum Gasteiger partial charge on any atom is -0.497 e. The van der Waals surface area contributed by atoms with E-state index < -0.39 is 21.9 Å². The Morgan fingerprint density at radius 3 is 1.72 bits per heavy atom. The summed E-state index contributed by atoms with van der Waals surface area (Å²) in [5.41, 5.74) is -0.934. The van der Waals surface area contributed by atoms with Crippen molar-refractivity contribution in [3.05, 3.63) is 88.0 Å². The smallest absolute Gasteiger partial charge is 0.416 e. The number of hydrogen-bond acceptors (Lipinski definition) is 4. The first-order valence-corrected chi connectivity index (χ1v) is 10.6. The average molecular weight is 536 g/mol. The molecule has 0 aliphatic carbocycles. The van der Waals surface area contributed by atoms with Crippen LogP contribution in [0.3, 0.4) is 0 Å². The summed E-state index contributed by atoms with van der Waals surface area (Å²) in [4.78, 5) is -0.365. The molecule has 0 saturated carbocycles. The van der Waals surface area contributed by atoms with Crippen LogP contribution in [0.15, 0.2) is 83.8 Å². The lowest BCUT2D eigenvalue weighted by molar-refractivity contribution is -0.137. The second-order valence-electron chi connectivity index (χ2n) is 5.53. The molecule has 4 nitrogen and oxygen atoms in total. The van der Waals surface area contributed by atoms with Gasteiger partial charge in [0, 0.05) is 3.57 Å². The van der Waals surface area contributed by atoms with E-state index in [1.165, 1.54) is 34.9 Å². The molecule has 0 N–H and O–H groups in total. The Morgan fingerprint density at radius 1 is 0.793 bits per heavy atom. The highest BCUT2D eigenvalue weighted by molar-refractivity contribution is 14.1. The first-order valence-electron chi connectivity index (χ1n) is 8.08. The van der Waals surface area contributed by atoms with E-state index in [0.717, 1.165) is 12.1 Å². The molecule has 3 aromatic rings. The van der Waals surface area contributed by atoms with Crippen LogP contribution in [-0.2, 0) is 16.3 Å². The van der Waals surface area contributed by atoms with Gasteiger partial charge in [0.1, 0.15) is 16.4 Å². The van der Waals surface area contributed by atoms with Crippen molar-refractivity contribution >= 4 is 32.7 Å². The maximum Gasteiger partial charge on any atom is 0.416 e. The van der Waals surface area contributed by atoms with Crippen molar-refractivity contribution in [2.75, 3.05) is 7.11 Å². The van der Waals surface area contributed by atoms with Crippen LogP contribution in [0.25, 0.3) is 0 Å². The van der Waals surface area contributed by atoms with E-state index in [4.69, 9.17) is 8.92 Å². The van der Waals surface area contributed by atoms with Crippen LogP contribution >= 0.6 is 22.6 Å². The van der Waals surface area contributed by atoms with Gasteiger partial charge in [0.05, 0.1) is 12.7 Å². The normalized spacial score (nSPS) is 11.2. The minimum absolute atomic E-state index is 0.0284. The summed E-state index contributed by atoms with van der Waals surface area (Å²) in [7, 11) is -2.75. The van der Waals surface area contributed by atoms with Crippen molar-refractivity contribution in [3.8, 4) is 11.5 Å². The average Bonchev–Trinajstić information content (AvgIpc) is 2.69. The summed E-state index contributed by atoms with van der Waals surface area (Å²) in [5, 5.41) is 0. The van der Waals surface area contributed by atoms with Gasteiger partial charge in [0.2, 0.25) is 0 Å². The molecule has 0 atom stereocenters. The van der Waals surface area contributed by atoms with Gasteiger partial charge in [-0.05, 0) is 83.3 Å². The van der Waals surface area contributed by atoms with Gasteiger partial charge < -0.3 is 8.92 Å². The Kier molecular flexibility index (Phi) is 7.91. The molecule has 0 aliphatic heterocycles. The summed E-state index contributed by atoms with van der Waals surface area (Å²) in [5.74, 6) is 0.542. The van der Waals surface area contributed by atoms with Crippen LogP contribution in [-0.4, -0.2) is 15.5 Å². The first-order chi connectivity index (χ1) is 13.6. The number of ether oxygens (including phenoxy) is 1. The van der Waals surface area contributed by atoms with Gasteiger partial charge in [0.25, 0.3) is 0 Å². The zero-order valence-corrected chi connectivity index (χ0v) is 18.0. The molecule has 0 fully saturated rings. The van der Waals surface area contributed by atoms with Crippen LogP contribution in [0, 0.1) is 3.57 Å². The van der Waals surface area contributed by atoms with Crippen LogP contribution in [0.5, 0.6) is 11.5 Å². The molecule has 29 heavy (non-hydrogen) atoms. The summed E-state index contributed by atoms with van der Waals surface area (Å²) >= 11 is 2.28. The summed E-state index contributed by atoms with van der Waals surface area (Å²) in [6.07, 6.45) is -4.53. The molecule has 0 radical (unpaired) electrons. The third-order valence-corrected chi connectivity index (χ3v) is 5.45. The minimum atomic E-state index is -4.53. The molecule has 0 bridgehead atoms. The molecule has 0 aliphatic rings. The first kappa shape index (κ1) is 23.0. The van der Waals surface area contributed by atoms with E-state index in [1.807, 2.05) is 18.2 Å². The molecule has 3 rings (SSSR count). The zero-order chi connectivity index (χ0) is 21.5. The number of halogens is 4. The highest BCUT2D eigenvalue weighted by atomic mass is 127. The van der Waals surface area contributed by atoms with E-state index in [2.05, 4.69) is 34.7 Å². The second kappa shape index (κ2) is 9.97. The molecule has 0 unspecified atom stereocenters. The lowest BCUT2D eigenvalue weighted by atomic mass is 10.2. The van der Waals surface area contributed by atoms with Gasteiger partial charge in [-0.15, -0.1) is 0 Å². The second-order valence-corrected chi connectivity index (χ2v) is 8.32. The fourth-order valence-electron chi connectivity index (χ4n) is 2.03. The van der Waals surface area contributed by atoms with E-state index in [1.54, 1.807) is 0 Å². The Balaban J connectivity index is 0.000000360. The molecule has 3 aromatic carbocycles. The van der Waals surface area contributed by atoms with Crippen molar-refractivity contribution in [1.29, 1.82) is 0 Å².